The van der Waals surface area contributed by atoms with Gasteiger partial charge in [-0.15, -0.1) is 0 Å². The smallest absolute Gasteiger partial charge is 0.103 e. The summed E-state index contributed by atoms with van der Waals surface area (Å²) in [5.74, 6) is 0.923. The van der Waals surface area contributed by atoms with Crippen LogP contribution in [-0.2, 0) is 11.3 Å². The second-order valence-electron chi connectivity index (χ2n) is 4.70. The molecule has 92 valence electrons. The third-order valence-corrected chi connectivity index (χ3v) is 3.64. The van der Waals surface area contributed by atoms with Gasteiger partial charge < -0.3 is 10.5 Å². The molecule has 1 aromatic carbocycles. The van der Waals surface area contributed by atoms with E-state index in [1.807, 2.05) is 24.3 Å². The van der Waals surface area contributed by atoms with Gasteiger partial charge in [-0.3, -0.25) is 0 Å². The summed E-state index contributed by atoms with van der Waals surface area (Å²) in [6, 6.07) is 7.95. The van der Waals surface area contributed by atoms with E-state index in [4.69, 9.17) is 22.7 Å². The van der Waals surface area contributed by atoms with Gasteiger partial charge in [-0.1, -0.05) is 55.7 Å². The van der Waals surface area contributed by atoms with Gasteiger partial charge in [-0.2, -0.15) is 0 Å². The number of nitrogens with two attached hydrogens (primary N) is 1. The zero-order chi connectivity index (χ0) is 12.1. The Kier molecular flexibility index (Phi) is 4.51. The van der Waals surface area contributed by atoms with E-state index < -0.39 is 0 Å². The first-order chi connectivity index (χ1) is 8.25. The second-order valence-corrected chi connectivity index (χ2v) is 5.14. The zero-order valence-electron chi connectivity index (χ0n) is 10.0. The molecule has 3 heteroatoms. The third-order valence-electron chi connectivity index (χ3n) is 3.40. The lowest BCUT2D eigenvalue weighted by Crippen LogP contribution is -2.13. The number of rotatable bonds is 6. The van der Waals surface area contributed by atoms with Crippen molar-refractivity contribution in [1.82, 2.24) is 0 Å². The largest absolute Gasteiger partial charge is 0.389 e. The maximum atomic E-state index is 5.66. The Labute approximate surface area is 108 Å². The number of hydrogen-bond acceptors (Lipinski definition) is 2. The first-order valence-electron chi connectivity index (χ1n) is 6.22. The molecule has 2 N–H and O–H groups in total. The fraction of sp³-hybridized carbons (Fsp3) is 0.500. The summed E-state index contributed by atoms with van der Waals surface area (Å²) in [5.41, 5.74) is 7.63. The van der Waals surface area contributed by atoms with E-state index >= 15 is 0 Å². The van der Waals surface area contributed by atoms with Crippen LogP contribution in [0.2, 0.25) is 0 Å². The molecule has 1 fully saturated rings. The standard InChI is InChI=1S/C14H19NOS/c15-14(17)13-6-4-12(5-7-13)10-16-9-8-11-2-1-3-11/h4-7,11H,1-3,8-10H2,(H2,15,17). The van der Waals surface area contributed by atoms with Crippen molar-refractivity contribution in [2.24, 2.45) is 11.7 Å². The van der Waals surface area contributed by atoms with Gasteiger partial charge in [0.25, 0.3) is 0 Å². The van der Waals surface area contributed by atoms with E-state index in [9.17, 15) is 0 Å². The Morgan fingerprint density at radius 1 is 1.29 bits per heavy atom. The number of thiocarbonyl (C=S) groups is 1. The van der Waals surface area contributed by atoms with Crippen LogP contribution in [0.4, 0.5) is 0 Å². The Morgan fingerprint density at radius 3 is 2.53 bits per heavy atom. The summed E-state index contributed by atoms with van der Waals surface area (Å²) >= 11 is 4.91. The maximum absolute atomic E-state index is 5.66. The highest BCUT2D eigenvalue weighted by Crippen LogP contribution is 2.29. The molecule has 0 unspecified atom stereocenters. The average Bonchev–Trinajstić information content (AvgIpc) is 2.27. The van der Waals surface area contributed by atoms with Crippen LogP contribution in [-0.4, -0.2) is 11.6 Å². The molecule has 0 aromatic heterocycles. The normalized spacial score (nSPS) is 15.5. The van der Waals surface area contributed by atoms with Gasteiger partial charge in [-0.25, -0.2) is 0 Å². The maximum Gasteiger partial charge on any atom is 0.103 e. The molecule has 1 aliphatic carbocycles. The van der Waals surface area contributed by atoms with Crippen molar-refractivity contribution in [3.63, 3.8) is 0 Å². The predicted molar refractivity (Wildman–Crippen MR) is 73.9 cm³/mol. The molecule has 0 spiro atoms. The second kappa shape index (κ2) is 6.12. The van der Waals surface area contributed by atoms with Crippen molar-refractivity contribution in [2.45, 2.75) is 32.3 Å². The van der Waals surface area contributed by atoms with Crippen molar-refractivity contribution in [3.05, 3.63) is 35.4 Å². The van der Waals surface area contributed by atoms with Gasteiger partial charge >= 0.3 is 0 Å². The van der Waals surface area contributed by atoms with Gasteiger partial charge in [0.15, 0.2) is 0 Å². The lowest BCUT2D eigenvalue weighted by molar-refractivity contribution is 0.0950. The van der Waals surface area contributed by atoms with Gasteiger partial charge in [0.2, 0.25) is 0 Å². The minimum atomic E-state index is 0.447. The van der Waals surface area contributed by atoms with Gasteiger partial charge in [-0.05, 0) is 17.9 Å². The molecule has 0 atom stereocenters. The average molecular weight is 249 g/mol. The molecule has 0 heterocycles. The highest BCUT2D eigenvalue weighted by molar-refractivity contribution is 7.80. The van der Waals surface area contributed by atoms with Crippen molar-refractivity contribution in [1.29, 1.82) is 0 Å². The molecule has 1 saturated carbocycles. The number of benzene rings is 1. The molecular formula is C14H19NOS. The number of hydrogen-bond donors (Lipinski definition) is 1. The zero-order valence-corrected chi connectivity index (χ0v) is 10.8. The van der Waals surface area contributed by atoms with Crippen molar-refractivity contribution >= 4 is 17.2 Å². The quantitative estimate of drug-likeness (QED) is 0.622. The van der Waals surface area contributed by atoms with Crippen LogP contribution in [0.1, 0.15) is 36.8 Å². The lowest BCUT2D eigenvalue weighted by Gasteiger charge is -2.24. The SMILES string of the molecule is NC(=S)c1ccc(COCCC2CCC2)cc1. The van der Waals surface area contributed by atoms with Gasteiger partial charge in [0.05, 0.1) is 6.61 Å². The molecule has 0 amide bonds. The summed E-state index contributed by atoms with van der Waals surface area (Å²) in [5, 5.41) is 0. The van der Waals surface area contributed by atoms with E-state index in [0.717, 1.165) is 18.1 Å². The van der Waals surface area contributed by atoms with E-state index in [0.29, 0.717) is 11.6 Å². The van der Waals surface area contributed by atoms with Crippen LogP contribution in [0.15, 0.2) is 24.3 Å². The molecule has 1 aromatic rings. The van der Waals surface area contributed by atoms with Crippen LogP contribution in [0.5, 0.6) is 0 Å². The molecule has 0 bridgehead atoms. The summed E-state index contributed by atoms with van der Waals surface area (Å²) < 4.78 is 5.66. The van der Waals surface area contributed by atoms with Crippen LogP contribution in [0.3, 0.4) is 0 Å². The van der Waals surface area contributed by atoms with Crippen LogP contribution >= 0.6 is 12.2 Å². The summed E-state index contributed by atoms with van der Waals surface area (Å²) in [7, 11) is 0. The summed E-state index contributed by atoms with van der Waals surface area (Å²) in [4.78, 5) is 0.447. The molecule has 2 nitrogen and oxygen atoms in total. The molecule has 17 heavy (non-hydrogen) atoms. The first-order valence-corrected chi connectivity index (χ1v) is 6.63. The lowest BCUT2D eigenvalue weighted by atomic mass is 9.83. The van der Waals surface area contributed by atoms with Crippen molar-refractivity contribution in [3.8, 4) is 0 Å². The molecule has 1 aliphatic rings. The van der Waals surface area contributed by atoms with Crippen molar-refractivity contribution < 1.29 is 4.74 Å². The Morgan fingerprint density at radius 2 is 2.00 bits per heavy atom. The van der Waals surface area contributed by atoms with Crippen molar-refractivity contribution in [2.75, 3.05) is 6.61 Å². The number of ether oxygens (including phenoxy) is 1. The van der Waals surface area contributed by atoms with E-state index in [1.165, 1.54) is 31.2 Å². The Bertz CT molecular complexity index is 370. The molecule has 0 aliphatic heterocycles. The van der Waals surface area contributed by atoms with Crippen LogP contribution in [0.25, 0.3) is 0 Å². The molecule has 2 rings (SSSR count). The van der Waals surface area contributed by atoms with E-state index in [2.05, 4.69) is 0 Å². The van der Waals surface area contributed by atoms with Gasteiger partial charge in [0, 0.05) is 12.2 Å². The van der Waals surface area contributed by atoms with Crippen LogP contribution in [0, 0.1) is 5.92 Å². The predicted octanol–water partition coefficient (Wildman–Crippen LogP) is 3.03. The molecular weight excluding hydrogens is 230 g/mol. The molecule has 0 saturated heterocycles. The topological polar surface area (TPSA) is 35.2 Å². The Hall–Kier alpha value is -0.930. The highest BCUT2D eigenvalue weighted by atomic mass is 32.1. The minimum Gasteiger partial charge on any atom is -0.389 e. The van der Waals surface area contributed by atoms with Gasteiger partial charge in [0.1, 0.15) is 4.99 Å². The highest BCUT2D eigenvalue weighted by Gasteiger charge is 2.16. The fourth-order valence-electron chi connectivity index (χ4n) is 1.99. The summed E-state index contributed by atoms with van der Waals surface area (Å²) in [6.45, 7) is 1.56. The Balaban J connectivity index is 1.69. The summed E-state index contributed by atoms with van der Waals surface area (Å²) in [6.07, 6.45) is 5.41. The monoisotopic (exact) mass is 249 g/mol. The third kappa shape index (κ3) is 3.79. The minimum absolute atomic E-state index is 0.447. The van der Waals surface area contributed by atoms with Crippen LogP contribution < -0.4 is 5.73 Å². The fourth-order valence-corrected chi connectivity index (χ4v) is 2.12. The van der Waals surface area contributed by atoms with E-state index in [1.54, 1.807) is 0 Å². The van der Waals surface area contributed by atoms with E-state index in [-0.39, 0.29) is 0 Å². The first kappa shape index (κ1) is 12.5. The molecule has 0 radical (unpaired) electrons.